The van der Waals surface area contributed by atoms with Crippen molar-refractivity contribution in [1.82, 2.24) is 15.1 Å². The molecular formula is C13H12ClFN4O2. The van der Waals surface area contributed by atoms with Crippen LogP contribution in [0.15, 0.2) is 23.2 Å². The van der Waals surface area contributed by atoms with Crippen molar-refractivity contribution in [1.29, 1.82) is 0 Å². The summed E-state index contributed by atoms with van der Waals surface area (Å²) in [6.07, 6.45) is 0.851. The number of amides is 3. The van der Waals surface area contributed by atoms with Crippen molar-refractivity contribution < 1.29 is 14.0 Å². The number of halogens is 2. The molecule has 8 heteroatoms. The lowest BCUT2D eigenvalue weighted by Crippen LogP contribution is -2.63. The van der Waals surface area contributed by atoms with E-state index in [4.69, 9.17) is 11.6 Å². The van der Waals surface area contributed by atoms with Crippen molar-refractivity contribution in [3.63, 3.8) is 0 Å². The number of aliphatic imine (C=N–C) groups is 1. The number of carbonyl (C=O) groups is 2. The van der Waals surface area contributed by atoms with E-state index in [-0.39, 0.29) is 11.6 Å². The summed E-state index contributed by atoms with van der Waals surface area (Å²) in [5.74, 6) is -0.895. The van der Waals surface area contributed by atoms with Gasteiger partial charge in [0.25, 0.3) is 5.91 Å². The molecule has 2 aliphatic rings. The van der Waals surface area contributed by atoms with E-state index in [9.17, 15) is 14.0 Å². The van der Waals surface area contributed by atoms with Crippen LogP contribution in [-0.4, -0.2) is 47.3 Å². The molecule has 110 valence electrons. The van der Waals surface area contributed by atoms with Gasteiger partial charge in [-0.25, -0.2) is 14.2 Å². The molecule has 1 fully saturated rings. The van der Waals surface area contributed by atoms with Crippen LogP contribution in [0, 0.1) is 5.82 Å². The molecule has 0 radical (unpaired) electrons. The molecule has 0 bridgehead atoms. The molecule has 2 heterocycles. The summed E-state index contributed by atoms with van der Waals surface area (Å²) >= 11 is 6.00. The number of imide groups is 1. The van der Waals surface area contributed by atoms with Crippen LogP contribution in [0.5, 0.6) is 0 Å². The molecular weight excluding hydrogens is 299 g/mol. The van der Waals surface area contributed by atoms with Gasteiger partial charge in [-0.2, -0.15) is 0 Å². The van der Waals surface area contributed by atoms with Gasteiger partial charge in [-0.1, -0.05) is 17.7 Å². The number of rotatable bonds is 2. The average molecular weight is 311 g/mol. The summed E-state index contributed by atoms with van der Waals surface area (Å²) in [4.78, 5) is 30.6. The van der Waals surface area contributed by atoms with E-state index >= 15 is 0 Å². The van der Waals surface area contributed by atoms with Crippen LogP contribution in [0.4, 0.5) is 9.18 Å². The summed E-state index contributed by atoms with van der Waals surface area (Å²) in [6, 6.07) is 3.23. The van der Waals surface area contributed by atoms with Crippen molar-refractivity contribution in [2.24, 2.45) is 4.99 Å². The topological polar surface area (TPSA) is 65.0 Å². The summed E-state index contributed by atoms with van der Waals surface area (Å²) in [6.45, 7) is 0.103. The number of likely N-dealkylation sites (N-methyl/N-ethyl adjacent to an activating group) is 1. The molecule has 1 N–H and O–H groups in total. The molecule has 3 amide bonds. The molecule has 0 saturated carbocycles. The van der Waals surface area contributed by atoms with Crippen LogP contribution >= 0.6 is 11.6 Å². The number of fused-ring (bicyclic) bond motifs is 1. The molecule has 0 aliphatic carbocycles. The van der Waals surface area contributed by atoms with Gasteiger partial charge in [-0.3, -0.25) is 10.1 Å². The molecule has 21 heavy (non-hydrogen) atoms. The number of nitrogens with one attached hydrogen (secondary N) is 1. The highest BCUT2D eigenvalue weighted by Crippen LogP contribution is 2.26. The first-order valence-corrected chi connectivity index (χ1v) is 6.66. The van der Waals surface area contributed by atoms with Gasteiger partial charge in [0, 0.05) is 24.2 Å². The number of carbonyl (C=O) groups excluding carboxylic acids is 2. The Labute approximate surface area is 125 Å². The molecule has 0 aromatic heterocycles. The Bertz CT molecular complexity index is 631. The van der Waals surface area contributed by atoms with Crippen molar-refractivity contribution in [2.75, 3.05) is 7.05 Å². The number of nitrogens with zero attached hydrogens (tertiary/aromatic N) is 3. The second kappa shape index (κ2) is 5.00. The Morgan fingerprint density at radius 2 is 2.19 bits per heavy atom. The molecule has 2 atom stereocenters. The van der Waals surface area contributed by atoms with Crippen LogP contribution < -0.4 is 5.32 Å². The predicted octanol–water partition coefficient (Wildman–Crippen LogP) is 1.20. The SMILES string of the molecule is CN1C(=O)NC(=O)C2C1N=CN2Cc1c(F)cccc1Cl. The van der Waals surface area contributed by atoms with Gasteiger partial charge in [0.1, 0.15) is 5.82 Å². The summed E-state index contributed by atoms with van der Waals surface area (Å²) in [7, 11) is 1.55. The molecule has 1 saturated heterocycles. The minimum atomic E-state index is -0.677. The average Bonchev–Trinajstić information content (AvgIpc) is 2.85. The first-order chi connectivity index (χ1) is 9.99. The molecule has 1 aromatic carbocycles. The van der Waals surface area contributed by atoms with Crippen LogP contribution in [0.3, 0.4) is 0 Å². The van der Waals surface area contributed by atoms with Gasteiger partial charge in [0.05, 0.1) is 6.34 Å². The van der Waals surface area contributed by atoms with Crippen molar-refractivity contribution in [3.8, 4) is 0 Å². The molecule has 2 aliphatic heterocycles. The quantitative estimate of drug-likeness (QED) is 0.892. The maximum absolute atomic E-state index is 13.8. The van der Waals surface area contributed by atoms with E-state index in [1.165, 1.54) is 23.4 Å². The smallest absolute Gasteiger partial charge is 0.325 e. The summed E-state index contributed by atoms with van der Waals surface area (Å²) < 4.78 is 13.8. The lowest BCUT2D eigenvalue weighted by atomic mass is 10.1. The summed E-state index contributed by atoms with van der Waals surface area (Å²) in [5.41, 5.74) is 0.290. The number of hydrogen-bond acceptors (Lipinski definition) is 4. The molecule has 6 nitrogen and oxygen atoms in total. The van der Waals surface area contributed by atoms with Crippen molar-refractivity contribution in [2.45, 2.75) is 18.8 Å². The summed E-state index contributed by atoms with van der Waals surface area (Å²) in [5, 5.41) is 2.53. The maximum Gasteiger partial charge on any atom is 0.325 e. The van der Waals surface area contributed by atoms with Crippen LogP contribution in [-0.2, 0) is 11.3 Å². The minimum Gasteiger partial charge on any atom is -0.343 e. The molecule has 1 aromatic rings. The maximum atomic E-state index is 13.8. The monoisotopic (exact) mass is 310 g/mol. The zero-order chi connectivity index (χ0) is 15.1. The third-order valence-corrected chi connectivity index (χ3v) is 3.98. The van der Waals surface area contributed by atoms with Crippen molar-refractivity contribution in [3.05, 3.63) is 34.6 Å². The highest BCUT2D eigenvalue weighted by molar-refractivity contribution is 6.31. The molecule has 2 unspecified atom stereocenters. The first-order valence-electron chi connectivity index (χ1n) is 6.28. The van der Waals surface area contributed by atoms with E-state index in [0.717, 1.165) is 0 Å². The van der Waals surface area contributed by atoms with Gasteiger partial charge >= 0.3 is 6.03 Å². The number of benzene rings is 1. The first kappa shape index (κ1) is 13.8. The second-order valence-electron chi connectivity index (χ2n) is 4.90. The second-order valence-corrected chi connectivity index (χ2v) is 5.31. The highest BCUT2D eigenvalue weighted by atomic mass is 35.5. The zero-order valence-electron chi connectivity index (χ0n) is 11.1. The Hall–Kier alpha value is -2.15. The Morgan fingerprint density at radius 1 is 1.43 bits per heavy atom. The van der Waals surface area contributed by atoms with E-state index in [2.05, 4.69) is 10.3 Å². The fourth-order valence-electron chi connectivity index (χ4n) is 2.47. The fraction of sp³-hybridized carbons (Fsp3) is 0.308. The normalized spacial score (nSPS) is 24.3. The Morgan fingerprint density at radius 3 is 2.90 bits per heavy atom. The van der Waals surface area contributed by atoms with E-state index in [1.54, 1.807) is 18.0 Å². The Kier molecular flexibility index (Phi) is 3.29. The van der Waals surface area contributed by atoms with Gasteiger partial charge < -0.3 is 9.80 Å². The highest BCUT2D eigenvalue weighted by Gasteiger charge is 2.45. The minimum absolute atomic E-state index is 0.103. The third kappa shape index (κ3) is 2.23. The van der Waals surface area contributed by atoms with Gasteiger partial charge in [0.2, 0.25) is 0 Å². The largest absolute Gasteiger partial charge is 0.343 e. The van der Waals surface area contributed by atoms with E-state index < -0.39 is 30.0 Å². The Balaban J connectivity index is 1.87. The standard InChI is InChI=1S/C13H12ClFN4O2/c1-18-11-10(12(20)17-13(18)21)19(6-16-11)5-7-8(14)3-2-4-9(7)15/h2-4,6,10-11H,5H2,1H3,(H,17,20,21). The predicted molar refractivity (Wildman–Crippen MR) is 74.3 cm³/mol. The van der Waals surface area contributed by atoms with Gasteiger partial charge in [-0.05, 0) is 12.1 Å². The van der Waals surface area contributed by atoms with Crippen molar-refractivity contribution >= 4 is 29.9 Å². The zero-order valence-corrected chi connectivity index (χ0v) is 11.8. The van der Waals surface area contributed by atoms with Gasteiger partial charge in [-0.15, -0.1) is 0 Å². The van der Waals surface area contributed by atoms with Crippen LogP contribution in [0.2, 0.25) is 5.02 Å². The van der Waals surface area contributed by atoms with Crippen LogP contribution in [0.25, 0.3) is 0 Å². The number of hydrogen-bond donors (Lipinski definition) is 1. The number of urea groups is 1. The van der Waals surface area contributed by atoms with Gasteiger partial charge in [0.15, 0.2) is 12.2 Å². The third-order valence-electron chi connectivity index (χ3n) is 3.63. The van der Waals surface area contributed by atoms with E-state index in [0.29, 0.717) is 5.56 Å². The van der Waals surface area contributed by atoms with E-state index in [1.807, 2.05) is 0 Å². The van der Waals surface area contributed by atoms with Crippen LogP contribution in [0.1, 0.15) is 5.56 Å². The molecule has 3 rings (SSSR count). The lowest BCUT2D eigenvalue weighted by Gasteiger charge is -2.35. The lowest BCUT2D eigenvalue weighted by molar-refractivity contribution is -0.127. The molecule has 0 spiro atoms. The fourth-order valence-corrected chi connectivity index (χ4v) is 2.69.